The van der Waals surface area contributed by atoms with Crippen molar-refractivity contribution in [1.82, 2.24) is 9.88 Å². The molecule has 2 fully saturated rings. The third kappa shape index (κ3) is 2.88. The minimum atomic E-state index is -0.607. The number of aromatic nitrogens is 1. The number of carbonyl (C=O) groups excluding carboxylic acids is 2. The molecule has 1 aromatic rings. The van der Waals surface area contributed by atoms with Crippen LogP contribution in [0.25, 0.3) is 6.08 Å². The third-order valence-corrected chi connectivity index (χ3v) is 4.15. The normalized spacial score (nSPS) is 25.9. The lowest BCUT2D eigenvalue weighted by atomic mass is 9.87. The Morgan fingerprint density at radius 3 is 3.00 bits per heavy atom. The first-order chi connectivity index (χ1) is 10.2. The predicted molar refractivity (Wildman–Crippen MR) is 77.4 cm³/mol. The molecule has 21 heavy (non-hydrogen) atoms. The molecule has 0 N–H and O–H groups in total. The van der Waals surface area contributed by atoms with Gasteiger partial charge >= 0.3 is 0 Å². The van der Waals surface area contributed by atoms with Crippen LogP contribution in [0.5, 0.6) is 0 Å². The van der Waals surface area contributed by atoms with E-state index in [1.54, 1.807) is 23.4 Å². The molecule has 2 aliphatic rings. The Morgan fingerprint density at radius 1 is 1.43 bits per heavy atom. The van der Waals surface area contributed by atoms with Gasteiger partial charge in [-0.05, 0) is 30.5 Å². The lowest BCUT2D eigenvalue weighted by molar-refractivity contribution is -0.151. The van der Waals surface area contributed by atoms with Crippen LogP contribution in [0.4, 0.5) is 0 Å². The van der Waals surface area contributed by atoms with E-state index in [4.69, 9.17) is 4.74 Å². The van der Waals surface area contributed by atoms with E-state index in [-0.39, 0.29) is 18.2 Å². The lowest BCUT2D eigenvalue weighted by Crippen LogP contribution is -2.53. The Labute approximate surface area is 123 Å². The third-order valence-electron chi connectivity index (χ3n) is 4.15. The van der Waals surface area contributed by atoms with Gasteiger partial charge in [-0.15, -0.1) is 0 Å². The van der Waals surface area contributed by atoms with Crippen LogP contribution in [0.15, 0.2) is 30.6 Å². The number of nitrogens with zero attached hydrogens (tertiary/aromatic N) is 2. The molecule has 110 valence electrons. The molecule has 3 heterocycles. The molecule has 2 aliphatic heterocycles. The van der Waals surface area contributed by atoms with Gasteiger partial charge in [0.2, 0.25) is 5.91 Å². The van der Waals surface area contributed by atoms with Crippen molar-refractivity contribution in [1.29, 1.82) is 0 Å². The highest BCUT2D eigenvalue weighted by Crippen LogP contribution is 2.33. The van der Waals surface area contributed by atoms with Crippen LogP contribution in [0.3, 0.4) is 0 Å². The summed E-state index contributed by atoms with van der Waals surface area (Å²) in [7, 11) is 0. The summed E-state index contributed by atoms with van der Waals surface area (Å²) in [4.78, 5) is 30.0. The van der Waals surface area contributed by atoms with Gasteiger partial charge in [0.25, 0.3) is 0 Å². The molecule has 0 saturated carbocycles. The van der Waals surface area contributed by atoms with E-state index < -0.39 is 5.60 Å². The topological polar surface area (TPSA) is 59.5 Å². The van der Waals surface area contributed by atoms with Crippen molar-refractivity contribution in [2.75, 3.05) is 19.7 Å². The number of carbonyl (C=O) groups is 2. The van der Waals surface area contributed by atoms with Gasteiger partial charge < -0.3 is 9.64 Å². The summed E-state index contributed by atoms with van der Waals surface area (Å²) in [5.41, 5.74) is 0.258. The molecular weight excluding hydrogens is 268 g/mol. The molecule has 0 unspecified atom stereocenters. The Hall–Kier alpha value is -2.01. The first-order valence-electron chi connectivity index (χ1n) is 7.24. The number of Topliss-reactive ketones (excluding diaryl/α,β-unsaturated/α-hetero) is 1. The minimum absolute atomic E-state index is 0.0365. The summed E-state index contributed by atoms with van der Waals surface area (Å²) in [5, 5.41) is 0. The molecule has 3 rings (SSSR count). The van der Waals surface area contributed by atoms with Crippen molar-refractivity contribution in [2.45, 2.75) is 24.9 Å². The second-order valence-electron chi connectivity index (χ2n) is 5.50. The monoisotopic (exact) mass is 286 g/mol. The van der Waals surface area contributed by atoms with Gasteiger partial charge in [-0.25, -0.2) is 0 Å². The van der Waals surface area contributed by atoms with E-state index in [2.05, 4.69) is 4.98 Å². The molecule has 0 bridgehead atoms. The van der Waals surface area contributed by atoms with Crippen LogP contribution in [0, 0.1) is 0 Å². The fourth-order valence-electron chi connectivity index (χ4n) is 2.90. The molecule has 0 aromatic carbocycles. The maximum absolute atomic E-state index is 12.3. The Balaban J connectivity index is 1.62. The first-order valence-corrected chi connectivity index (χ1v) is 7.24. The average molecular weight is 286 g/mol. The van der Waals surface area contributed by atoms with Gasteiger partial charge in [-0.2, -0.15) is 0 Å². The summed E-state index contributed by atoms with van der Waals surface area (Å²) >= 11 is 0. The van der Waals surface area contributed by atoms with Crippen molar-refractivity contribution in [3.63, 3.8) is 0 Å². The van der Waals surface area contributed by atoms with Crippen molar-refractivity contribution in [2.24, 2.45) is 0 Å². The van der Waals surface area contributed by atoms with E-state index in [1.807, 2.05) is 12.1 Å². The van der Waals surface area contributed by atoms with Gasteiger partial charge in [-0.1, -0.05) is 6.07 Å². The van der Waals surface area contributed by atoms with Gasteiger partial charge in [-0.3, -0.25) is 14.6 Å². The van der Waals surface area contributed by atoms with Gasteiger partial charge in [0, 0.05) is 38.0 Å². The SMILES string of the molecule is O=C(/C=C/c1cccnc1)N1CC[C@@]2(CCCO2)C(=O)C1. The summed E-state index contributed by atoms with van der Waals surface area (Å²) in [6.45, 7) is 1.37. The van der Waals surface area contributed by atoms with Crippen molar-refractivity contribution < 1.29 is 14.3 Å². The van der Waals surface area contributed by atoms with Crippen LogP contribution in [-0.2, 0) is 14.3 Å². The smallest absolute Gasteiger partial charge is 0.246 e. The summed E-state index contributed by atoms with van der Waals surface area (Å²) < 4.78 is 5.64. The maximum atomic E-state index is 12.3. The number of amides is 1. The second-order valence-corrected chi connectivity index (χ2v) is 5.50. The zero-order valence-corrected chi connectivity index (χ0v) is 11.8. The number of ketones is 1. The van der Waals surface area contributed by atoms with Crippen LogP contribution in [0.2, 0.25) is 0 Å². The minimum Gasteiger partial charge on any atom is -0.367 e. The highest BCUT2D eigenvalue weighted by molar-refractivity contribution is 5.98. The number of likely N-dealkylation sites (tertiary alicyclic amines) is 1. The lowest BCUT2D eigenvalue weighted by Gasteiger charge is -2.36. The number of ether oxygens (including phenoxy) is 1. The molecule has 5 nitrogen and oxygen atoms in total. The zero-order chi connectivity index (χ0) is 14.7. The van der Waals surface area contributed by atoms with E-state index >= 15 is 0 Å². The van der Waals surface area contributed by atoms with Gasteiger partial charge in [0.05, 0.1) is 6.54 Å². The standard InChI is InChI=1S/C16H18N2O3/c19-14-12-18(9-7-16(14)6-2-10-21-16)15(20)5-4-13-3-1-8-17-11-13/h1,3-5,8,11H,2,6-7,9-10,12H2/b5-4+/t16-/m0/s1. The average Bonchev–Trinajstić information content (AvgIpc) is 2.99. The Bertz CT molecular complexity index is 562. The summed E-state index contributed by atoms with van der Waals surface area (Å²) in [6.07, 6.45) is 8.92. The molecule has 0 aliphatic carbocycles. The molecular formula is C16H18N2O3. The van der Waals surface area contributed by atoms with Crippen LogP contribution >= 0.6 is 0 Å². The molecule has 5 heteroatoms. The van der Waals surface area contributed by atoms with Crippen LogP contribution in [-0.4, -0.2) is 46.9 Å². The Kier molecular flexibility index (Phi) is 3.84. The largest absolute Gasteiger partial charge is 0.367 e. The van der Waals surface area contributed by atoms with Crippen LogP contribution in [0.1, 0.15) is 24.8 Å². The Morgan fingerprint density at radius 2 is 2.33 bits per heavy atom. The number of hydrogen-bond acceptors (Lipinski definition) is 4. The predicted octanol–water partition coefficient (Wildman–Crippen LogP) is 1.45. The molecule has 1 spiro atoms. The number of rotatable bonds is 2. The number of hydrogen-bond donors (Lipinski definition) is 0. The van der Waals surface area contributed by atoms with E-state index in [0.717, 1.165) is 18.4 Å². The highest BCUT2D eigenvalue weighted by Gasteiger charge is 2.46. The summed E-state index contributed by atoms with van der Waals surface area (Å²) in [6, 6.07) is 3.69. The maximum Gasteiger partial charge on any atom is 0.246 e. The fraction of sp³-hybridized carbons (Fsp3) is 0.438. The first kappa shape index (κ1) is 13.9. The van der Waals surface area contributed by atoms with E-state index in [1.165, 1.54) is 6.08 Å². The van der Waals surface area contributed by atoms with Gasteiger partial charge in [0.15, 0.2) is 5.78 Å². The van der Waals surface area contributed by atoms with E-state index in [0.29, 0.717) is 19.6 Å². The molecule has 1 aromatic heterocycles. The van der Waals surface area contributed by atoms with Crippen LogP contribution < -0.4 is 0 Å². The fourth-order valence-corrected chi connectivity index (χ4v) is 2.90. The summed E-state index contributed by atoms with van der Waals surface area (Å²) in [5.74, 6) is -0.102. The second kappa shape index (κ2) is 5.77. The zero-order valence-electron chi connectivity index (χ0n) is 11.8. The molecule has 1 amide bonds. The van der Waals surface area contributed by atoms with Crippen molar-refractivity contribution in [3.05, 3.63) is 36.2 Å². The quantitative estimate of drug-likeness (QED) is 0.772. The molecule has 1 atom stereocenters. The van der Waals surface area contributed by atoms with E-state index in [9.17, 15) is 9.59 Å². The molecule has 0 radical (unpaired) electrons. The highest BCUT2D eigenvalue weighted by atomic mass is 16.5. The number of pyridine rings is 1. The number of piperidine rings is 1. The van der Waals surface area contributed by atoms with Gasteiger partial charge in [0.1, 0.15) is 5.60 Å². The van der Waals surface area contributed by atoms with Crippen molar-refractivity contribution in [3.8, 4) is 0 Å². The molecule has 2 saturated heterocycles. The van der Waals surface area contributed by atoms with Crippen molar-refractivity contribution >= 4 is 17.8 Å².